The molecule has 0 saturated heterocycles. The number of carbonyl (C=O) groups is 2. The summed E-state index contributed by atoms with van der Waals surface area (Å²) in [5, 5.41) is 0. The molecule has 0 rings (SSSR count). The van der Waals surface area contributed by atoms with Crippen LogP contribution in [0.5, 0.6) is 0 Å². The fraction of sp³-hybridized carbons (Fsp3) is 0.929. The second kappa shape index (κ2) is 24.6. The van der Waals surface area contributed by atoms with Crippen LogP contribution < -0.4 is 0 Å². The third-order valence-electron chi connectivity index (χ3n) is 6.02. The van der Waals surface area contributed by atoms with Crippen LogP contribution in [0.15, 0.2) is 0 Å². The lowest BCUT2D eigenvalue weighted by Gasteiger charge is -2.18. The highest BCUT2D eigenvalue weighted by Gasteiger charge is 2.18. The maximum absolute atomic E-state index is 12.1. The van der Waals surface area contributed by atoms with Crippen LogP contribution in [0.2, 0.25) is 0 Å². The first-order valence-corrected chi connectivity index (χ1v) is 14.0. The number of rotatable bonds is 24. The number of ether oxygens (including phenoxy) is 2. The molecule has 0 aromatic rings. The van der Waals surface area contributed by atoms with Crippen molar-refractivity contribution in [2.24, 2.45) is 0 Å². The van der Waals surface area contributed by atoms with E-state index >= 15 is 0 Å². The minimum Gasteiger partial charge on any atom is -0.425 e. The van der Waals surface area contributed by atoms with Gasteiger partial charge in [-0.15, -0.1) is 0 Å². The molecule has 0 bridgehead atoms. The van der Waals surface area contributed by atoms with Crippen molar-refractivity contribution >= 4 is 11.9 Å². The quantitative estimate of drug-likeness (QED) is 0.0829. The van der Waals surface area contributed by atoms with Crippen LogP contribution in [0.1, 0.15) is 162 Å². The maximum Gasteiger partial charge on any atom is 0.308 e. The van der Waals surface area contributed by atoms with Crippen molar-refractivity contribution in [3.05, 3.63) is 0 Å². The topological polar surface area (TPSA) is 52.6 Å². The van der Waals surface area contributed by atoms with Crippen molar-refractivity contribution in [2.45, 2.75) is 168 Å². The van der Waals surface area contributed by atoms with Gasteiger partial charge in [-0.3, -0.25) is 9.59 Å². The highest BCUT2D eigenvalue weighted by atomic mass is 16.7. The maximum atomic E-state index is 12.1. The third-order valence-corrected chi connectivity index (χ3v) is 6.02. The van der Waals surface area contributed by atoms with E-state index in [1.54, 1.807) is 0 Å². The smallest absolute Gasteiger partial charge is 0.308 e. The third kappa shape index (κ3) is 22.1. The first-order chi connectivity index (χ1) is 15.6. The van der Waals surface area contributed by atoms with Crippen molar-refractivity contribution in [1.82, 2.24) is 0 Å². The van der Waals surface area contributed by atoms with Crippen LogP contribution in [-0.4, -0.2) is 18.2 Å². The van der Waals surface area contributed by atoms with E-state index in [1.807, 2.05) is 6.92 Å². The van der Waals surface area contributed by atoms with Crippen LogP contribution in [0.3, 0.4) is 0 Å². The number of hydrogen-bond acceptors (Lipinski definition) is 4. The molecule has 0 aromatic heterocycles. The van der Waals surface area contributed by atoms with Gasteiger partial charge in [0.15, 0.2) is 0 Å². The summed E-state index contributed by atoms with van der Waals surface area (Å²) in [5.74, 6) is -0.468. The minimum absolute atomic E-state index is 0.234. The Hall–Kier alpha value is -1.06. The second-order valence-electron chi connectivity index (χ2n) is 9.35. The normalized spacial score (nSPS) is 11.1. The molecular weight excluding hydrogens is 400 g/mol. The summed E-state index contributed by atoms with van der Waals surface area (Å²) in [6.07, 6.45) is 23.5. The van der Waals surface area contributed by atoms with Crippen molar-refractivity contribution in [3.8, 4) is 0 Å². The molecule has 0 aliphatic heterocycles. The average molecular weight is 455 g/mol. The number of unbranched alkanes of at least 4 members (excludes halogenated alkanes) is 16. The van der Waals surface area contributed by atoms with Crippen molar-refractivity contribution in [2.75, 3.05) is 0 Å². The van der Waals surface area contributed by atoms with E-state index in [4.69, 9.17) is 9.47 Å². The molecule has 32 heavy (non-hydrogen) atoms. The van der Waals surface area contributed by atoms with Crippen molar-refractivity contribution < 1.29 is 19.1 Å². The van der Waals surface area contributed by atoms with Crippen LogP contribution in [0, 0.1) is 0 Å². The lowest BCUT2D eigenvalue weighted by atomic mass is 10.1. The fourth-order valence-corrected chi connectivity index (χ4v) is 3.95. The Labute approximate surface area is 199 Å². The van der Waals surface area contributed by atoms with Crippen LogP contribution in [0.4, 0.5) is 0 Å². The average Bonchev–Trinajstić information content (AvgIpc) is 2.77. The molecule has 0 N–H and O–H groups in total. The van der Waals surface area contributed by atoms with Gasteiger partial charge in [-0.1, -0.05) is 124 Å². The summed E-state index contributed by atoms with van der Waals surface area (Å²) in [5.41, 5.74) is 0. The highest BCUT2D eigenvalue weighted by molar-refractivity contribution is 5.71. The Balaban J connectivity index is 3.77. The molecule has 0 heterocycles. The summed E-state index contributed by atoms with van der Waals surface area (Å²) >= 11 is 0. The zero-order valence-corrected chi connectivity index (χ0v) is 21.8. The summed E-state index contributed by atoms with van der Waals surface area (Å²) in [4.78, 5) is 24.3. The first kappa shape index (κ1) is 30.9. The molecule has 0 fully saturated rings. The molecule has 4 nitrogen and oxygen atoms in total. The largest absolute Gasteiger partial charge is 0.425 e. The predicted octanol–water partition coefficient (Wildman–Crippen LogP) is 9.04. The van der Waals surface area contributed by atoms with Gasteiger partial charge in [0.1, 0.15) is 0 Å². The predicted molar refractivity (Wildman–Crippen MR) is 135 cm³/mol. The Morgan fingerprint density at radius 2 is 0.781 bits per heavy atom. The monoisotopic (exact) mass is 454 g/mol. The van der Waals surface area contributed by atoms with E-state index in [1.165, 1.54) is 89.9 Å². The molecule has 0 amide bonds. The van der Waals surface area contributed by atoms with E-state index in [9.17, 15) is 9.59 Å². The summed E-state index contributed by atoms with van der Waals surface area (Å²) in [6.45, 7) is 6.49. The molecule has 4 heteroatoms. The van der Waals surface area contributed by atoms with Gasteiger partial charge in [0.05, 0.1) is 0 Å². The highest BCUT2D eigenvalue weighted by Crippen LogP contribution is 2.14. The Morgan fingerprint density at radius 1 is 0.469 bits per heavy atom. The van der Waals surface area contributed by atoms with E-state index < -0.39 is 6.29 Å². The number of esters is 2. The summed E-state index contributed by atoms with van der Waals surface area (Å²) in [7, 11) is 0. The van der Waals surface area contributed by atoms with Gasteiger partial charge in [0, 0.05) is 19.3 Å². The molecule has 0 spiro atoms. The van der Waals surface area contributed by atoms with Crippen molar-refractivity contribution in [3.63, 3.8) is 0 Å². The number of hydrogen-bond donors (Lipinski definition) is 0. The molecule has 0 aliphatic rings. The van der Waals surface area contributed by atoms with E-state index in [2.05, 4.69) is 13.8 Å². The molecule has 0 radical (unpaired) electrons. The summed E-state index contributed by atoms with van der Waals surface area (Å²) < 4.78 is 10.9. The Morgan fingerprint density at radius 3 is 1.09 bits per heavy atom. The van der Waals surface area contributed by atoms with Gasteiger partial charge in [-0.05, 0) is 19.3 Å². The zero-order valence-electron chi connectivity index (χ0n) is 21.8. The van der Waals surface area contributed by atoms with Gasteiger partial charge in [0.2, 0.25) is 6.29 Å². The van der Waals surface area contributed by atoms with Crippen LogP contribution >= 0.6 is 0 Å². The van der Waals surface area contributed by atoms with Crippen molar-refractivity contribution in [1.29, 1.82) is 0 Å². The van der Waals surface area contributed by atoms with E-state index in [0.717, 1.165) is 32.1 Å². The van der Waals surface area contributed by atoms with Gasteiger partial charge in [-0.2, -0.15) is 0 Å². The van der Waals surface area contributed by atoms with Crippen LogP contribution in [-0.2, 0) is 19.1 Å². The Bertz CT molecular complexity index is 386. The Kier molecular flexibility index (Phi) is 23.8. The van der Waals surface area contributed by atoms with Crippen LogP contribution in [0.25, 0.3) is 0 Å². The van der Waals surface area contributed by atoms with Gasteiger partial charge >= 0.3 is 11.9 Å². The molecule has 0 unspecified atom stereocenters. The van der Waals surface area contributed by atoms with Gasteiger partial charge < -0.3 is 9.47 Å². The molecular formula is C28H54O4. The molecule has 0 saturated carbocycles. The standard InChI is InChI=1S/C28H54O4/c1-4-7-9-11-13-15-17-19-21-24-26(29)31-28(23-6-3)32-27(30)25-22-20-18-16-14-12-10-8-5-2/h28H,4-25H2,1-3H3. The van der Waals surface area contributed by atoms with E-state index in [0.29, 0.717) is 19.3 Å². The van der Waals surface area contributed by atoms with E-state index in [-0.39, 0.29) is 11.9 Å². The second-order valence-corrected chi connectivity index (χ2v) is 9.35. The lowest BCUT2D eigenvalue weighted by molar-refractivity contribution is -0.189. The fourth-order valence-electron chi connectivity index (χ4n) is 3.95. The SMILES string of the molecule is CCCCCCCCCCCC(=O)OC(CCC)OC(=O)CCCCCCCCCCC. The molecule has 0 aliphatic carbocycles. The van der Waals surface area contributed by atoms with Gasteiger partial charge in [-0.25, -0.2) is 0 Å². The zero-order chi connectivity index (χ0) is 23.7. The minimum atomic E-state index is -0.711. The summed E-state index contributed by atoms with van der Waals surface area (Å²) in [6, 6.07) is 0. The molecule has 190 valence electrons. The molecule has 0 aromatic carbocycles. The number of carbonyl (C=O) groups excluding carboxylic acids is 2. The van der Waals surface area contributed by atoms with Gasteiger partial charge in [0.25, 0.3) is 0 Å². The molecule has 0 atom stereocenters. The first-order valence-electron chi connectivity index (χ1n) is 14.0. The lowest BCUT2D eigenvalue weighted by Crippen LogP contribution is -2.24.